The summed E-state index contributed by atoms with van der Waals surface area (Å²) in [7, 11) is 0. The lowest BCUT2D eigenvalue weighted by Crippen LogP contribution is -2.40. The molecule has 0 N–H and O–H groups in total. The topological polar surface area (TPSA) is 0 Å². The Morgan fingerprint density at radius 3 is 2.22 bits per heavy atom. The highest BCUT2D eigenvalue weighted by atomic mass is 35.5. The highest BCUT2D eigenvalue weighted by Gasteiger charge is 2.41. The van der Waals surface area contributed by atoms with Gasteiger partial charge in [-0.2, -0.15) is 0 Å². The van der Waals surface area contributed by atoms with E-state index in [1.165, 1.54) is 0 Å². The Morgan fingerprint density at radius 2 is 2.11 bits per heavy atom. The number of halogens is 1. The van der Waals surface area contributed by atoms with Crippen molar-refractivity contribution in [3.8, 4) is 0 Å². The van der Waals surface area contributed by atoms with Gasteiger partial charge in [0.15, 0.2) is 0 Å². The quantitative estimate of drug-likeness (QED) is 0.498. The molecule has 1 saturated carbocycles. The summed E-state index contributed by atoms with van der Waals surface area (Å²) in [6.07, 6.45) is 3.41. The number of hydrogen-bond acceptors (Lipinski definition) is 0. The second-order valence-electron chi connectivity index (χ2n) is 3.55. The molecular weight excluding hydrogens is 132 g/mol. The van der Waals surface area contributed by atoms with E-state index in [0.717, 1.165) is 12.3 Å². The van der Waals surface area contributed by atoms with Crippen molar-refractivity contribution < 1.29 is 0 Å². The van der Waals surface area contributed by atoms with Crippen molar-refractivity contribution in [1.82, 2.24) is 0 Å². The van der Waals surface area contributed by atoms with Gasteiger partial charge >= 0.3 is 0 Å². The molecule has 0 saturated heterocycles. The minimum Gasteiger partial charge on any atom is -0.123 e. The van der Waals surface area contributed by atoms with Crippen molar-refractivity contribution in [1.29, 1.82) is 0 Å². The van der Waals surface area contributed by atoms with E-state index in [2.05, 4.69) is 27.2 Å². The molecule has 1 heteroatoms. The first-order valence-corrected chi connectivity index (χ1v) is 3.98. The molecule has 1 rings (SSSR count). The molecule has 0 aromatic carbocycles. The second-order valence-corrected chi connectivity index (χ2v) is 4.11. The molecule has 1 aliphatic carbocycles. The number of rotatable bonds is 1. The van der Waals surface area contributed by atoms with Crippen molar-refractivity contribution in [3.05, 3.63) is 6.42 Å². The van der Waals surface area contributed by atoms with Gasteiger partial charge in [0.1, 0.15) is 0 Å². The Morgan fingerprint density at radius 1 is 1.67 bits per heavy atom. The molecule has 0 nitrogen and oxygen atoms in total. The van der Waals surface area contributed by atoms with E-state index in [4.69, 9.17) is 11.6 Å². The van der Waals surface area contributed by atoms with Crippen LogP contribution in [0.4, 0.5) is 0 Å². The molecule has 0 bridgehead atoms. The summed E-state index contributed by atoms with van der Waals surface area (Å²) in [5.41, 5.74) is 0.437. The third-order valence-corrected chi connectivity index (χ3v) is 2.80. The summed E-state index contributed by atoms with van der Waals surface area (Å²) < 4.78 is 0. The largest absolute Gasteiger partial charge is 0.123 e. The fourth-order valence-corrected chi connectivity index (χ4v) is 1.85. The monoisotopic (exact) mass is 145 g/mol. The second kappa shape index (κ2) is 2.16. The van der Waals surface area contributed by atoms with E-state index >= 15 is 0 Å². The summed E-state index contributed by atoms with van der Waals surface area (Å²) in [6.45, 7) is 6.77. The van der Waals surface area contributed by atoms with Crippen molar-refractivity contribution in [3.63, 3.8) is 0 Å². The van der Waals surface area contributed by atoms with Gasteiger partial charge in [-0.05, 0) is 24.2 Å². The predicted molar refractivity (Wildman–Crippen MR) is 41.5 cm³/mol. The van der Waals surface area contributed by atoms with Gasteiger partial charge in [0.2, 0.25) is 0 Å². The van der Waals surface area contributed by atoms with Crippen molar-refractivity contribution >= 4 is 11.6 Å². The Bertz CT molecular complexity index is 101. The van der Waals surface area contributed by atoms with Crippen LogP contribution >= 0.6 is 11.6 Å². The van der Waals surface area contributed by atoms with Crippen LogP contribution in [0.15, 0.2) is 0 Å². The SMILES string of the molecule is CC(C)C1(C)[CH]C(Cl)C1. The van der Waals surface area contributed by atoms with E-state index in [1.807, 2.05) is 0 Å². The lowest BCUT2D eigenvalue weighted by atomic mass is 9.63. The molecule has 9 heavy (non-hydrogen) atoms. The zero-order valence-electron chi connectivity index (χ0n) is 6.32. The van der Waals surface area contributed by atoms with E-state index in [-0.39, 0.29) is 0 Å². The van der Waals surface area contributed by atoms with Gasteiger partial charge in [0.05, 0.1) is 0 Å². The maximum absolute atomic E-state index is 5.82. The Balaban J connectivity index is 2.40. The van der Waals surface area contributed by atoms with Crippen molar-refractivity contribution in [2.45, 2.75) is 32.6 Å². The number of hydrogen-bond donors (Lipinski definition) is 0. The van der Waals surface area contributed by atoms with Gasteiger partial charge in [-0.25, -0.2) is 0 Å². The molecule has 1 fully saturated rings. The molecule has 0 heterocycles. The van der Waals surface area contributed by atoms with Crippen LogP contribution in [0.5, 0.6) is 0 Å². The highest BCUT2D eigenvalue weighted by molar-refractivity contribution is 6.22. The Kier molecular flexibility index (Phi) is 1.77. The molecule has 0 amide bonds. The Hall–Kier alpha value is 0.290. The van der Waals surface area contributed by atoms with E-state index in [1.54, 1.807) is 0 Å². The molecule has 53 valence electrons. The molecule has 0 spiro atoms. The molecule has 1 aliphatic rings. The normalized spacial score (nSPS) is 43.0. The van der Waals surface area contributed by atoms with Gasteiger partial charge in [-0.15, -0.1) is 11.6 Å². The first-order chi connectivity index (χ1) is 4.04. The molecule has 0 aromatic heterocycles. The van der Waals surface area contributed by atoms with Crippen LogP contribution in [0.3, 0.4) is 0 Å². The van der Waals surface area contributed by atoms with Gasteiger partial charge in [-0.3, -0.25) is 0 Å². The zero-order chi connectivity index (χ0) is 7.07. The maximum atomic E-state index is 5.82. The van der Waals surface area contributed by atoms with Gasteiger partial charge in [-0.1, -0.05) is 20.8 Å². The highest BCUT2D eigenvalue weighted by Crippen LogP contribution is 2.47. The van der Waals surface area contributed by atoms with E-state index in [9.17, 15) is 0 Å². The van der Waals surface area contributed by atoms with Crippen LogP contribution in [0, 0.1) is 17.8 Å². The summed E-state index contributed by atoms with van der Waals surface area (Å²) in [5, 5.41) is 0.345. The third-order valence-electron chi connectivity index (χ3n) is 2.52. The van der Waals surface area contributed by atoms with E-state index in [0.29, 0.717) is 10.8 Å². The van der Waals surface area contributed by atoms with Crippen molar-refractivity contribution in [2.75, 3.05) is 0 Å². The van der Waals surface area contributed by atoms with Crippen LogP contribution in [0.1, 0.15) is 27.2 Å². The van der Waals surface area contributed by atoms with Gasteiger partial charge < -0.3 is 0 Å². The average molecular weight is 146 g/mol. The standard InChI is InChI=1S/C8H14Cl/c1-6(2)8(3)4-7(9)5-8/h4,6-7H,5H2,1-3H3. The fourth-order valence-electron chi connectivity index (χ4n) is 1.23. The smallest absolute Gasteiger partial charge is 0.0378 e. The average Bonchev–Trinajstić information content (AvgIpc) is 1.62. The summed E-state index contributed by atoms with van der Waals surface area (Å²) in [4.78, 5) is 0. The molecular formula is C8H14Cl. The van der Waals surface area contributed by atoms with Crippen LogP contribution in [-0.2, 0) is 0 Å². The fraction of sp³-hybridized carbons (Fsp3) is 0.875. The minimum absolute atomic E-state index is 0.345. The summed E-state index contributed by atoms with van der Waals surface area (Å²) in [6, 6.07) is 0. The summed E-state index contributed by atoms with van der Waals surface area (Å²) >= 11 is 5.82. The molecule has 0 aromatic rings. The minimum atomic E-state index is 0.345. The van der Waals surface area contributed by atoms with Crippen LogP contribution < -0.4 is 0 Å². The van der Waals surface area contributed by atoms with Crippen LogP contribution in [0.25, 0.3) is 0 Å². The van der Waals surface area contributed by atoms with Gasteiger partial charge in [0, 0.05) is 5.38 Å². The van der Waals surface area contributed by atoms with Crippen molar-refractivity contribution in [2.24, 2.45) is 11.3 Å². The lowest BCUT2D eigenvalue weighted by molar-refractivity contribution is 0.179. The molecule has 2 atom stereocenters. The van der Waals surface area contributed by atoms with Crippen LogP contribution in [0.2, 0.25) is 0 Å². The summed E-state index contributed by atoms with van der Waals surface area (Å²) in [5.74, 6) is 0.743. The molecule has 2 unspecified atom stereocenters. The third kappa shape index (κ3) is 1.24. The van der Waals surface area contributed by atoms with Crippen LogP contribution in [-0.4, -0.2) is 5.38 Å². The predicted octanol–water partition coefficient (Wildman–Crippen LogP) is 2.86. The molecule has 1 radical (unpaired) electrons. The Labute approximate surface area is 62.6 Å². The molecule has 0 aliphatic heterocycles. The van der Waals surface area contributed by atoms with Gasteiger partial charge in [0.25, 0.3) is 0 Å². The maximum Gasteiger partial charge on any atom is 0.0378 e. The first-order valence-electron chi connectivity index (χ1n) is 3.55. The zero-order valence-corrected chi connectivity index (χ0v) is 7.07. The first kappa shape index (κ1) is 7.40. The number of alkyl halides is 1. The lowest BCUT2D eigenvalue weighted by Gasteiger charge is -2.45. The van der Waals surface area contributed by atoms with E-state index < -0.39 is 0 Å².